The maximum Gasteiger partial charge on any atom is 0.00619 e. The molecule has 2 nitrogen and oxygen atoms in total. The molecule has 2 atom stereocenters. The van der Waals surface area contributed by atoms with Crippen molar-refractivity contribution >= 4 is 0 Å². The smallest absolute Gasteiger partial charge is 0.00619 e. The Bertz CT molecular complexity index is 155. The zero-order valence-electron chi connectivity index (χ0n) is 10.8. The van der Waals surface area contributed by atoms with Gasteiger partial charge in [-0.3, -0.25) is 0 Å². The van der Waals surface area contributed by atoms with Crippen molar-refractivity contribution in [2.24, 2.45) is 5.92 Å². The second-order valence-corrected chi connectivity index (χ2v) is 5.08. The highest BCUT2D eigenvalue weighted by molar-refractivity contribution is 4.71. The predicted octanol–water partition coefficient (Wildman–Crippen LogP) is 2.50. The van der Waals surface area contributed by atoms with E-state index in [1.165, 1.54) is 51.7 Å². The van der Waals surface area contributed by atoms with Gasteiger partial charge in [0, 0.05) is 12.6 Å². The molecule has 1 heterocycles. The summed E-state index contributed by atoms with van der Waals surface area (Å²) in [5, 5.41) is 3.38. The van der Waals surface area contributed by atoms with Crippen LogP contribution in [0.2, 0.25) is 0 Å². The number of likely N-dealkylation sites (tertiary alicyclic amines) is 1. The number of hydrogen-bond acceptors (Lipinski definition) is 2. The van der Waals surface area contributed by atoms with Gasteiger partial charge in [0.2, 0.25) is 0 Å². The van der Waals surface area contributed by atoms with Gasteiger partial charge in [-0.05, 0) is 58.2 Å². The quantitative estimate of drug-likeness (QED) is 0.728. The lowest BCUT2D eigenvalue weighted by Gasteiger charge is -2.31. The minimum Gasteiger partial charge on any atom is -0.317 e. The van der Waals surface area contributed by atoms with Crippen LogP contribution in [-0.4, -0.2) is 37.6 Å². The third-order valence-corrected chi connectivity index (χ3v) is 3.67. The number of nitrogens with one attached hydrogen (secondary N) is 1. The summed E-state index contributed by atoms with van der Waals surface area (Å²) in [6, 6.07) is 0.729. The van der Waals surface area contributed by atoms with Gasteiger partial charge >= 0.3 is 0 Å². The molecule has 0 aliphatic carbocycles. The molecule has 0 aromatic carbocycles. The summed E-state index contributed by atoms with van der Waals surface area (Å²) in [5.41, 5.74) is 0. The summed E-state index contributed by atoms with van der Waals surface area (Å²) in [6.07, 6.45) is 6.78. The minimum atomic E-state index is 0.729. The van der Waals surface area contributed by atoms with E-state index in [1.54, 1.807) is 0 Å². The van der Waals surface area contributed by atoms with Crippen LogP contribution in [-0.2, 0) is 0 Å². The fraction of sp³-hybridized carbons (Fsp3) is 1.00. The molecule has 90 valence electrons. The molecule has 0 bridgehead atoms. The standard InChI is InChI=1S/C13H28N2/c1-4-13(14-3)8-6-10-15-9-5-7-12(2)11-15/h12-14H,4-11H2,1-3H3. The summed E-state index contributed by atoms with van der Waals surface area (Å²) < 4.78 is 0. The Labute approximate surface area is 95.4 Å². The van der Waals surface area contributed by atoms with Crippen LogP contribution in [0.3, 0.4) is 0 Å². The summed E-state index contributed by atoms with van der Waals surface area (Å²) in [6.45, 7) is 8.62. The molecule has 0 spiro atoms. The largest absolute Gasteiger partial charge is 0.317 e. The van der Waals surface area contributed by atoms with E-state index in [1.807, 2.05) is 0 Å². The highest BCUT2D eigenvalue weighted by Crippen LogP contribution is 2.16. The van der Waals surface area contributed by atoms with Gasteiger partial charge in [0.05, 0.1) is 0 Å². The van der Waals surface area contributed by atoms with E-state index >= 15 is 0 Å². The molecule has 1 rings (SSSR count). The number of piperidine rings is 1. The zero-order chi connectivity index (χ0) is 11.1. The van der Waals surface area contributed by atoms with Crippen LogP contribution in [0.15, 0.2) is 0 Å². The van der Waals surface area contributed by atoms with Crippen molar-refractivity contribution in [3.8, 4) is 0 Å². The van der Waals surface area contributed by atoms with Crippen molar-refractivity contribution in [2.45, 2.75) is 52.0 Å². The normalized spacial score (nSPS) is 25.4. The lowest BCUT2D eigenvalue weighted by molar-refractivity contribution is 0.179. The molecule has 1 aliphatic rings. The average Bonchev–Trinajstić information content (AvgIpc) is 2.25. The molecule has 1 aliphatic heterocycles. The Balaban J connectivity index is 2.08. The van der Waals surface area contributed by atoms with E-state index < -0.39 is 0 Å². The molecule has 1 fully saturated rings. The first-order valence-electron chi connectivity index (χ1n) is 6.65. The fourth-order valence-electron chi connectivity index (χ4n) is 2.60. The summed E-state index contributed by atoms with van der Waals surface area (Å²) in [5.74, 6) is 0.921. The van der Waals surface area contributed by atoms with E-state index in [-0.39, 0.29) is 0 Å². The van der Waals surface area contributed by atoms with E-state index in [0.717, 1.165) is 12.0 Å². The van der Waals surface area contributed by atoms with Crippen LogP contribution >= 0.6 is 0 Å². The Morgan fingerprint density at radius 2 is 2.27 bits per heavy atom. The van der Waals surface area contributed by atoms with Gasteiger partial charge in [-0.2, -0.15) is 0 Å². The van der Waals surface area contributed by atoms with Crippen LogP contribution in [0.5, 0.6) is 0 Å². The molecule has 2 heteroatoms. The zero-order valence-corrected chi connectivity index (χ0v) is 10.8. The van der Waals surface area contributed by atoms with Crippen molar-refractivity contribution in [3.05, 3.63) is 0 Å². The second kappa shape index (κ2) is 7.24. The molecule has 2 unspecified atom stereocenters. The maximum atomic E-state index is 3.38. The predicted molar refractivity (Wildman–Crippen MR) is 67.2 cm³/mol. The highest BCUT2D eigenvalue weighted by atomic mass is 15.1. The molecule has 0 radical (unpaired) electrons. The molecule has 0 aromatic heterocycles. The van der Waals surface area contributed by atoms with Gasteiger partial charge in [-0.15, -0.1) is 0 Å². The van der Waals surface area contributed by atoms with Crippen molar-refractivity contribution in [3.63, 3.8) is 0 Å². The van der Waals surface area contributed by atoms with Gasteiger partial charge in [-0.1, -0.05) is 13.8 Å². The Kier molecular flexibility index (Phi) is 6.26. The van der Waals surface area contributed by atoms with Crippen LogP contribution in [0.1, 0.15) is 46.0 Å². The maximum absolute atomic E-state index is 3.38. The van der Waals surface area contributed by atoms with Gasteiger partial charge in [0.15, 0.2) is 0 Å². The second-order valence-electron chi connectivity index (χ2n) is 5.08. The molecule has 15 heavy (non-hydrogen) atoms. The fourth-order valence-corrected chi connectivity index (χ4v) is 2.60. The van der Waals surface area contributed by atoms with Crippen molar-refractivity contribution < 1.29 is 0 Å². The first-order chi connectivity index (χ1) is 7.26. The van der Waals surface area contributed by atoms with E-state index in [9.17, 15) is 0 Å². The SMILES string of the molecule is CCC(CCCN1CCCC(C)C1)NC. The first-order valence-corrected chi connectivity index (χ1v) is 6.65. The van der Waals surface area contributed by atoms with Crippen LogP contribution in [0.4, 0.5) is 0 Å². The summed E-state index contributed by atoms with van der Waals surface area (Å²) >= 11 is 0. The lowest BCUT2D eigenvalue weighted by Crippen LogP contribution is -2.35. The molecule has 1 saturated heterocycles. The molecular weight excluding hydrogens is 184 g/mol. The molecule has 0 saturated carbocycles. The lowest BCUT2D eigenvalue weighted by atomic mass is 10.00. The van der Waals surface area contributed by atoms with Gasteiger partial charge in [0.1, 0.15) is 0 Å². The van der Waals surface area contributed by atoms with Crippen molar-refractivity contribution in [2.75, 3.05) is 26.7 Å². The minimum absolute atomic E-state index is 0.729. The molecule has 0 aromatic rings. The summed E-state index contributed by atoms with van der Waals surface area (Å²) in [7, 11) is 2.08. The monoisotopic (exact) mass is 212 g/mol. The Hall–Kier alpha value is -0.0800. The van der Waals surface area contributed by atoms with Crippen LogP contribution in [0.25, 0.3) is 0 Å². The van der Waals surface area contributed by atoms with Crippen molar-refractivity contribution in [1.29, 1.82) is 0 Å². The van der Waals surface area contributed by atoms with Gasteiger partial charge in [0.25, 0.3) is 0 Å². The molecular formula is C13H28N2. The van der Waals surface area contributed by atoms with Gasteiger partial charge in [-0.25, -0.2) is 0 Å². The van der Waals surface area contributed by atoms with E-state index in [4.69, 9.17) is 0 Å². The third-order valence-electron chi connectivity index (χ3n) is 3.67. The van der Waals surface area contributed by atoms with Crippen LogP contribution in [0, 0.1) is 5.92 Å². The van der Waals surface area contributed by atoms with Crippen LogP contribution < -0.4 is 5.32 Å². The Morgan fingerprint density at radius 1 is 1.47 bits per heavy atom. The van der Waals surface area contributed by atoms with E-state index in [2.05, 4.69) is 31.1 Å². The topological polar surface area (TPSA) is 15.3 Å². The highest BCUT2D eigenvalue weighted by Gasteiger charge is 2.15. The summed E-state index contributed by atoms with van der Waals surface area (Å²) in [4.78, 5) is 2.65. The Morgan fingerprint density at radius 3 is 2.87 bits per heavy atom. The number of nitrogens with zero attached hydrogens (tertiary/aromatic N) is 1. The van der Waals surface area contributed by atoms with Crippen molar-refractivity contribution in [1.82, 2.24) is 10.2 Å². The number of hydrogen-bond donors (Lipinski definition) is 1. The molecule has 1 N–H and O–H groups in total. The molecule has 0 amide bonds. The average molecular weight is 212 g/mol. The van der Waals surface area contributed by atoms with Gasteiger partial charge < -0.3 is 10.2 Å². The number of rotatable bonds is 6. The third kappa shape index (κ3) is 4.98. The first kappa shape index (κ1) is 13.0. The van der Waals surface area contributed by atoms with E-state index in [0.29, 0.717) is 0 Å².